The minimum absolute atomic E-state index is 0.0971. The first-order valence-electron chi connectivity index (χ1n) is 10.1. The van der Waals surface area contributed by atoms with Crippen molar-refractivity contribution in [2.45, 2.75) is 25.8 Å². The first kappa shape index (κ1) is 21.5. The van der Waals surface area contributed by atoms with Crippen molar-refractivity contribution in [2.75, 3.05) is 24.2 Å². The predicted octanol–water partition coefficient (Wildman–Crippen LogP) is 4.61. The molecule has 0 saturated carbocycles. The van der Waals surface area contributed by atoms with Crippen molar-refractivity contribution in [1.29, 1.82) is 0 Å². The number of carbonyl (C=O) groups is 2. The van der Waals surface area contributed by atoms with Crippen LogP contribution in [-0.2, 0) is 24.2 Å². The zero-order valence-corrected chi connectivity index (χ0v) is 18.7. The summed E-state index contributed by atoms with van der Waals surface area (Å²) in [6.45, 7) is 1.79. The number of benzene rings is 2. The van der Waals surface area contributed by atoms with E-state index in [1.165, 1.54) is 11.3 Å². The molecule has 8 heteroatoms. The number of anilines is 2. The van der Waals surface area contributed by atoms with E-state index in [1.807, 2.05) is 24.3 Å². The quantitative estimate of drug-likeness (QED) is 0.570. The van der Waals surface area contributed by atoms with Crippen LogP contribution in [0.4, 0.5) is 11.4 Å². The van der Waals surface area contributed by atoms with Crippen LogP contribution in [0, 0.1) is 0 Å². The molecular weight excluding hydrogens is 432 g/mol. The van der Waals surface area contributed by atoms with Crippen molar-refractivity contribution in [3.63, 3.8) is 0 Å². The number of hydrogen-bond donors (Lipinski definition) is 2. The largest absolute Gasteiger partial charge is 0.326 e. The van der Waals surface area contributed by atoms with Crippen molar-refractivity contribution in [2.24, 2.45) is 0 Å². The van der Waals surface area contributed by atoms with Gasteiger partial charge in [-0.25, -0.2) is 4.98 Å². The van der Waals surface area contributed by atoms with Gasteiger partial charge in [-0.15, -0.1) is 11.3 Å². The molecule has 0 bridgehead atoms. The molecule has 1 aromatic heterocycles. The van der Waals surface area contributed by atoms with Gasteiger partial charge in [0.2, 0.25) is 5.91 Å². The molecule has 1 aliphatic heterocycles. The normalized spacial score (nSPS) is 13.5. The summed E-state index contributed by atoms with van der Waals surface area (Å²) in [6, 6.07) is 14.5. The van der Waals surface area contributed by atoms with E-state index in [2.05, 4.69) is 27.6 Å². The molecule has 0 atom stereocenters. The molecule has 0 spiro atoms. The Labute approximate surface area is 190 Å². The molecule has 31 heavy (non-hydrogen) atoms. The Hall–Kier alpha value is -2.74. The van der Waals surface area contributed by atoms with Gasteiger partial charge in [0.1, 0.15) is 0 Å². The molecule has 0 fully saturated rings. The Balaban J connectivity index is 1.38. The number of nitrogens with one attached hydrogen (secondary N) is 2. The first-order valence-corrected chi connectivity index (χ1v) is 11.3. The van der Waals surface area contributed by atoms with Gasteiger partial charge in [-0.05, 0) is 49.4 Å². The summed E-state index contributed by atoms with van der Waals surface area (Å²) in [5.41, 5.74) is 3.34. The van der Waals surface area contributed by atoms with Gasteiger partial charge in [0.15, 0.2) is 5.01 Å². The maximum absolute atomic E-state index is 12.8. The fourth-order valence-corrected chi connectivity index (χ4v) is 4.67. The molecule has 0 aliphatic carbocycles. The van der Waals surface area contributed by atoms with E-state index in [0.29, 0.717) is 34.2 Å². The van der Waals surface area contributed by atoms with Gasteiger partial charge in [0.05, 0.1) is 5.69 Å². The highest BCUT2D eigenvalue weighted by Gasteiger charge is 2.21. The number of nitrogens with zero attached hydrogens (tertiary/aromatic N) is 2. The number of rotatable bonds is 6. The molecule has 0 radical (unpaired) electrons. The zero-order valence-electron chi connectivity index (χ0n) is 17.2. The van der Waals surface area contributed by atoms with Gasteiger partial charge in [-0.3, -0.25) is 9.59 Å². The average Bonchev–Trinajstić information content (AvgIpc) is 3.18. The van der Waals surface area contributed by atoms with Crippen LogP contribution in [0.15, 0.2) is 48.5 Å². The monoisotopic (exact) mass is 454 g/mol. The summed E-state index contributed by atoms with van der Waals surface area (Å²) < 4.78 is 0. The lowest BCUT2D eigenvalue weighted by atomic mass is 10.1. The van der Waals surface area contributed by atoms with Crippen LogP contribution >= 0.6 is 22.9 Å². The van der Waals surface area contributed by atoms with Crippen LogP contribution in [0.1, 0.15) is 32.4 Å². The number of halogens is 1. The summed E-state index contributed by atoms with van der Waals surface area (Å²) in [4.78, 5) is 33.1. The molecule has 0 saturated heterocycles. The van der Waals surface area contributed by atoms with Crippen LogP contribution in [-0.4, -0.2) is 35.3 Å². The van der Waals surface area contributed by atoms with Gasteiger partial charge >= 0.3 is 0 Å². The number of likely N-dealkylation sites (N-methyl/N-ethyl adjacent to an activating group) is 1. The lowest BCUT2D eigenvalue weighted by molar-refractivity contribution is -0.116. The third kappa shape index (κ3) is 5.50. The van der Waals surface area contributed by atoms with E-state index in [9.17, 15) is 9.59 Å². The maximum atomic E-state index is 12.8. The number of thiazole rings is 1. The Morgan fingerprint density at radius 2 is 1.90 bits per heavy atom. The second-order valence-corrected chi connectivity index (χ2v) is 9.06. The van der Waals surface area contributed by atoms with Gasteiger partial charge in [0.25, 0.3) is 5.91 Å². The number of para-hydroxylation sites is 1. The SMILES string of the molecule is CN1CCc2nc(C(=O)Nc3ccccc3CCC(=O)Nc3ccc(Cl)cc3)sc2C1. The number of hydrogen-bond acceptors (Lipinski definition) is 5. The number of fused-ring (bicyclic) bond motifs is 1. The molecule has 2 N–H and O–H groups in total. The summed E-state index contributed by atoms with van der Waals surface area (Å²) in [5.74, 6) is -0.305. The van der Waals surface area contributed by atoms with Crippen LogP contribution < -0.4 is 10.6 Å². The fourth-order valence-electron chi connectivity index (χ4n) is 3.46. The lowest BCUT2D eigenvalue weighted by Crippen LogP contribution is -2.25. The smallest absolute Gasteiger partial charge is 0.284 e. The lowest BCUT2D eigenvalue weighted by Gasteiger charge is -2.20. The predicted molar refractivity (Wildman–Crippen MR) is 125 cm³/mol. The molecule has 1 aliphatic rings. The van der Waals surface area contributed by atoms with Crippen molar-refractivity contribution in [3.8, 4) is 0 Å². The van der Waals surface area contributed by atoms with E-state index >= 15 is 0 Å². The zero-order chi connectivity index (χ0) is 21.8. The molecule has 0 unspecified atom stereocenters. The van der Waals surface area contributed by atoms with Gasteiger partial charge in [0, 0.05) is 47.2 Å². The van der Waals surface area contributed by atoms with Crippen LogP contribution in [0.2, 0.25) is 5.02 Å². The Morgan fingerprint density at radius 3 is 2.71 bits per heavy atom. The van der Waals surface area contributed by atoms with Gasteiger partial charge in [-0.2, -0.15) is 0 Å². The maximum Gasteiger partial charge on any atom is 0.284 e. The van der Waals surface area contributed by atoms with Crippen molar-refractivity contribution < 1.29 is 9.59 Å². The molecule has 2 heterocycles. The fraction of sp³-hybridized carbons (Fsp3) is 0.261. The minimum atomic E-state index is -0.208. The molecule has 2 aromatic carbocycles. The van der Waals surface area contributed by atoms with E-state index in [-0.39, 0.29) is 11.8 Å². The van der Waals surface area contributed by atoms with E-state index in [0.717, 1.165) is 35.6 Å². The van der Waals surface area contributed by atoms with Crippen molar-refractivity contribution in [1.82, 2.24) is 9.88 Å². The second kappa shape index (κ2) is 9.60. The molecule has 2 amide bonds. The van der Waals surface area contributed by atoms with Crippen LogP contribution in [0.3, 0.4) is 0 Å². The highest BCUT2D eigenvalue weighted by Crippen LogP contribution is 2.26. The summed E-state index contributed by atoms with van der Waals surface area (Å²) in [7, 11) is 2.07. The van der Waals surface area contributed by atoms with E-state index < -0.39 is 0 Å². The number of carbonyl (C=O) groups excluding carboxylic acids is 2. The van der Waals surface area contributed by atoms with E-state index in [1.54, 1.807) is 24.3 Å². The Bertz CT molecular complexity index is 1100. The number of amides is 2. The number of aromatic nitrogens is 1. The molecule has 4 rings (SSSR count). The minimum Gasteiger partial charge on any atom is -0.326 e. The Morgan fingerprint density at radius 1 is 1.13 bits per heavy atom. The Kier molecular flexibility index (Phi) is 6.65. The highest BCUT2D eigenvalue weighted by molar-refractivity contribution is 7.13. The molecule has 6 nitrogen and oxygen atoms in total. The summed E-state index contributed by atoms with van der Waals surface area (Å²) >= 11 is 7.33. The molecule has 3 aromatic rings. The summed E-state index contributed by atoms with van der Waals surface area (Å²) in [5, 5.41) is 6.94. The second-order valence-electron chi connectivity index (χ2n) is 7.54. The van der Waals surface area contributed by atoms with Crippen molar-refractivity contribution in [3.05, 3.63) is 74.7 Å². The van der Waals surface area contributed by atoms with E-state index in [4.69, 9.17) is 11.6 Å². The van der Waals surface area contributed by atoms with Gasteiger partial charge in [-0.1, -0.05) is 29.8 Å². The first-order chi connectivity index (χ1) is 15.0. The van der Waals surface area contributed by atoms with Crippen LogP contribution in [0.5, 0.6) is 0 Å². The molecular formula is C23H23ClN4O2S. The molecule has 160 valence electrons. The van der Waals surface area contributed by atoms with Gasteiger partial charge < -0.3 is 15.5 Å². The average molecular weight is 455 g/mol. The van der Waals surface area contributed by atoms with Crippen molar-refractivity contribution >= 4 is 46.1 Å². The topological polar surface area (TPSA) is 74.3 Å². The third-order valence-corrected chi connectivity index (χ3v) is 6.46. The third-order valence-electron chi connectivity index (χ3n) is 5.13. The highest BCUT2D eigenvalue weighted by atomic mass is 35.5. The summed E-state index contributed by atoms with van der Waals surface area (Å²) in [6.07, 6.45) is 1.68. The number of aryl methyl sites for hydroxylation is 1. The van der Waals surface area contributed by atoms with Crippen LogP contribution in [0.25, 0.3) is 0 Å². The standard InChI is InChI=1S/C23H23ClN4O2S/c1-28-13-12-19-20(14-28)31-23(27-19)22(30)26-18-5-3-2-4-15(18)6-11-21(29)25-17-9-7-16(24)8-10-17/h2-5,7-10H,6,11-14H2,1H3,(H,25,29)(H,26,30).